The van der Waals surface area contributed by atoms with Crippen LogP contribution >= 0.6 is 11.5 Å². The van der Waals surface area contributed by atoms with Crippen molar-refractivity contribution in [3.8, 4) is 0 Å². The Morgan fingerprint density at radius 3 is 2.88 bits per heavy atom. The molecule has 1 rings (SSSR count). The zero-order valence-electron chi connectivity index (χ0n) is 8.92. The van der Waals surface area contributed by atoms with Crippen molar-refractivity contribution in [3.05, 3.63) is 11.3 Å². The number of ether oxygens (including phenoxy) is 1. The molecule has 0 aromatic carbocycles. The molecule has 0 amide bonds. The number of esters is 1. The van der Waals surface area contributed by atoms with E-state index in [9.17, 15) is 13.6 Å². The van der Waals surface area contributed by atoms with Crippen molar-refractivity contribution in [2.45, 2.75) is 20.3 Å². The third-order valence-corrected chi connectivity index (χ3v) is 2.66. The second-order valence-corrected chi connectivity index (χ2v) is 3.74. The SMILES string of the molecule is CCOC(=O)c1c(C)nsc1NCC(F)F. The van der Waals surface area contributed by atoms with Crippen LogP contribution in [0.4, 0.5) is 13.8 Å². The van der Waals surface area contributed by atoms with E-state index in [2.05, 4.69) is 9.69 Å². The molecule has 0 aliphatic rings. The summed E-state index contributed by atoms with van der Waals surface area (Å²) < 4.78 is 32.8. The van der Waals surface area contributed by atoms with Gasteiger partial charge < -0.3 is 10.1 Å². The number of carbonyl (C=O) groups excluding carboxylic acids is 1. The van der Waals surface area contributed by atoms with Gasteiger partial charge in [-0.2, -0.15) is 4.37 Å². The highest BCUT2D eigenvalue weighted by Gasteiger charge is 2.19. The lowest BCUT2D eigenvalue weighted by molar-refractivity contribution is 0.0526. The number of hydrogen-bond acceptors (Lipinski definition) is 5. The quantitative estimate of drug-likeness (QED) is 0.815. The van der Waals surface area contributed by atoms with E-state index < -0.39 is 18.9 Å². The average molecular weight is 250 g/mol. The van der Waals surface area contributed by atoms with Gasteiger partial charge in [-0.25, -0.2) is 13.6 Å². The maximum atomic E-state index is 12.0. The number of nitrogens with zero attached hydrogens (tertiary/aromatic N) is 1. The van der Waals surface area contributed by atoms with Gasteiger partial charge in [0, 0.05) is 0 Å². The van der Waals surface area contributed by atoms with Crippen LogP contribution in [0, 0.1) is 6.92 Å². The van der Waals surface area contributed by atoms with E-state index in [1.807, 2.05) is 0 Å². The molecule has 1 N–H and O–H groups in total. The maximum Gasteiger partial charge on any atom is 0.343 e. The van der Waals surface area contributed by atoms with Crippen molar-refractivity contribution in [1.82, 2.24) is 4.37 Å². The Labute approximate surface area is 95.8 Å². The predicted octanol–water partition coefficient (Wildman–Crippen LogP) is 2.31. The third-order valence-electron chi connectivity index (χ3n) is 1.76. The molecule has 16 heavy (non-hydrogen) atoms. The number of halogens is 2. The van der Waals surface area contributed by atoms with Gasteiger partial charge in [0.15, 0.2) is 0 Å². The summed E-state index contributed by atoms with van der Waals surface area (Å²) in [6, 6.07) is 0. The van der Waals surface area contributed by atoms with E-state index in [0.29, 0.717) is 10.7 Å². The molecule has 0 aliphatic heterocycles. The second kappa shape index (κ2) is 5.74. The Kier molecular flexibility index (Phi) is 4.60. The summed E-state index contributed by atoms with van der Waals surface area (Å²) in [4.78, 5) is 11.5. The molecule has 0 aliphatic carbocycles. The monoisotopic (exact) mass is 250 g/mol. The summed E-state index contributed by atoms with van der Waals surface area (Å²) in [6.45, 7) is 3.05. The first-order chi connectivity index (χ1) is 7.56. The highest BCUT2D eigenvalue weighted by Crippen LogP contribution is 2.25. The Morgan fingerprint density at radius 2 is 2.31 bits per heavy atom. The Morgan fingerprint density at radius 1 is 1.62 bits per heavy atom. The standard InChI is InChI=1S/C9H12F2N2O2S/c1-3-15-9(14)7-5(2)13-16-8(7)12-4-6(10)11/h6,12H,3-4H2,1-2H3. The minimum absolute atomic E-state index is 0.238. The average Bonchev–Trinajstić information content (AvgIpc) is 2.57. The van der Waals surface area contributed by atoms with Gasteiger partial charge in [0.25, 0.3) is 6.43 Å². The number of nitrogens with one attached hydrogen (secondary N) is 1. The van der Waals surface area contributed by atoms with Gasteiger partial charge in [-0.15, -0.1) is 0 Å². The summed E-state index contributed by atoms with van der Waals surface area (Å²) in [5.41, 5.74) is 0.729. The molecule has 0 spiro atoms. The van der Waals surface area contributed by atoms with Gasteiger partial charge in [0.2, 0.25) is 0 Å². The largest absolute Gasteiger partial charge is 0.462 e. The van der Waals surface area contributed by atoms with Crippen molar-refractivity contribution < 1.29 is 18.3 Å². The number of rotatable bonds is 5. The molecule has 1 aromatic rings. The van der Waals surface area contributed by atoms with Crippen LogP contribution in [0.5, 0.6) is 0 Å². The number of alkyl halides is 2. The highest BCUT2D eigenvalue weighted by atomic mass is 32.1. The first-order valence-electron chi connectivity index (χ1n) is 4.71. The minimum atomic E-state index is -2.47. The first-order valence-corrected chi connectivity index (χ1v) is 5.49. The van der Waals surface area contributed by atoms with Crippen LogP contribution in [0.1, 0.15) is 23.0 Å². The Bertz CT molecular complexity index is 368. The molecule has 0 bridgehead atoms. The van der Waals surface area contributed by atoms with Crippen LogP contribution in [0.25, 0.3) is 0 Å². The molecular formula is C9H12F2N2O2S. The lowest BCUT2D eigenvalue weighted by Gasteiger charge is -2.05. The molecule has 0 atom stereocenters. The van der Waals surface area contributed by atoms with Crippen molar-refractivity contribution in [3.63, 3.8) is 0 Å². The maximum absolute atomic E-state index is 12.0. The molecule has 0 unspecified atom stereocenters. The molecule has 1 heterocycles. The van der Waals surface area contributed by atoms with Gasteiger partial charge in [0.1, 0.15) is 10.6 Å². The van der Waals surface area contributed by atoms with Gasteiger partial charge in [-0.05, 0) is 25.4 Å². The molecule has 0 radical (unpaired) electrons. The molecular weight excluding hydrogens is 238 g/mol. The zero-order chi connectivity index (χ0) is 12.1. The van der Waals surface area contributed by atoms with Crippen molar-refractivity contribution in [2.75, 3.05) is 18.5 Å². The normalized spacial score (nSPS) is 10.6. The summed E-state index contributed by atoms with van der Waals surface area (Å²) in [7, 11) is 0. The van der Waals surface area contributed by atoms with Crippen LogP contribution in [-0.4, -0.2) is 29.9 Å². The zero-order valence-corrected chi connectivity index (χ0v) is 9.74. The van der Waals surface area contributed by atoms with E-state index in [1.165, 1.54) is 0 Å². The first kappa shape index (κ1) is 12.8. The van der Waals surface area contributed by atoms with Crippen molar-refractivity contribution in [1.29, 1.82) is 0 Å². The van der Waals surface area contributed by atoms with Gasteiger partial charge in [-0.1, -0.05) is 0 Å². The lowest BCUT2D eigenvalue weighted by atomic mass is 10.2. The number of hydrogen-bond donors (Lipinski definition) is 1. The molecule has 7 heteroatoms. The smallest absolute Gasteiger partial charge is 0.343 e. The minimum Gasteiger partial charge on any atom is -0.462 e. The molecule has 0 fully saturated rings. The van der Waals surface area contributed by atoms with Crippen molar-refractivity contribution >= 4 is 22.5 Å². The second-order valence-electron chi connectivity index (χ2n) is 2.96. The van der Waals surface area contributed by atoms with Crippen LogP contribution in [-0.2, 0) is 4.74 Å². The fraction of sp³-hybridized carbons (Fsp3) is 0.556. The highest BCUT2D eigenvalue weighted by molar-refractivity contribution is 7.10. The van der Waals surface area contributed by atoms with Crippen LogP contribution in [0.2, 0.25) is 0 Å². The summed E-state index contributed by atoms with van der Waals surface area (Å²) >= 11 is 0.977. The van der Waals surface area contributed by atoms with E-state index in [0.717, 1.165) is 11.5 Å². The lowest BCUT2D eigenvalue weighted by Crippen LogP contribution is -2.13. The fourth-order valence-corrected chi connectivity index (χ4v) is 1.89. The predicted molar refractivity (Wildman–Crippen MR) is 57.3 cm³/mol. The summed E-state index contributed by atoms with van der Waals surface area (Å²) in [6.07, 6.45) is -2.47. The molecule has 90 valence electrons. The third kappa shape index (κ3) is 3.13. The van der Waals surface area contributed by atoms with E-state index in [4.69, 9.17) is 4.74 Å². The number of carbonyl (C=O) groups is 1. The van der Waals surface area contributed by atoms with E-state index in [-0.39, 0.29) is 12.2 Å². The molecule has 1 aromatic heterocycles. The van der Waals surface area contributed by atoms with Crippen LogP contribution < -0.4 is 5.32 Å². The Hall–Kier alpha value is -1.24. The number of anilines is 1. The molecule has 0 saturated carbocycles. The number of aryl methyl sites for hydroxylation is 1. The van der Waals surface area contributed by atoms with Gasteiger partial charge in [0.05, 0.1) is 18.8 Å². The topological polar surface area (TPSA) is 51.2 Å². The van der Waals surface area contributed by atoms with Gasteiger partial charge >= 0.3 is 5.97 Å². The van der Waals surface area contributed by atoms with E-state index in [1.54, 1.807) is 13.8 Å². The van der Waals surface area contributed by atoms with E-state index >= 15 is 0 Å². The molecule has 4 nitrogen and oxygen atoms in total. The Balaban J connectivity index is 2.81. The van der Waals surface area contributed by atoms with Crippen molar-refractivity contribution in [2.24, 2.45) is 0 Å². The summed E-state index contributed by atoms with van der Waals surface area (Å²) in [5, 5.41) is 2.81. The molecule has 0 saturated heterocycles. The van der Waals surface area contributed by atoms with Gasteiger partial charge in [-0.3, -0.25) is 0 Å². The van der Waals surface area contributed by atoms with Crippen LogP contribution in [0.15, 0.2) is 0 Å². The van der Waals surface area contributed by atoms with Crippen LogP contribution in [0.3, 0.4) is 0 Å². The summed E-state index contributed by atoms with van der Waals surface area (Å²) in [5.74, 6) is -0.537. The number of aromatic nitrogens is 1. The fourth-order valence-electron chi connectivity index (χ4n) is 1.10.